The van der Waals surface area contributed by atoms with Crippen molar-refractivity contribution in [2.45, 2.75) is 25.8 Å². The van der Waals surface area contributed by atoms with Crippen LogP contribution >= 0.6 is 11.6 Å². The summed E-state index contributed by atoms with van der Waals surface area (Å²) in [5, 5.41) is 7.05. The summed E-state index contributed by atoms with van der Waals surface area (Å²) >= 11 is 5.95. The summed E-state index contributed by atoms with van der Waals surface area (Å²) < 4.78 is 23.6. The van der Waals surface area contributed by atoms with Crippen LogP contribution in [0.15, 0.2) is 11.0 Å². The van der Waals surface area contributed by atoms with E-state index in [0.29, 0.717) is 12.5 Å². The zero-order chi connectivity index (χ0) is 14.8. The van der Waals surface area contributed by atoms with Crippen LogP contribution in [0.25, 0.3) is 0 Å². The second kappa shape index (κ2) is 6.13. The number of halogens is 1. The molecule has 2 rings (SSSR count). The smallest absolute Gasteiger partial charge is 0.291 e. The van der Waals surface area contributed by atoms with Crippen molar-refractivity contribution in [3.63, 3.8) is 0 Å². The average molecular weight is 320 g/mol. The fourth-order valence-electron chi connectivity index (χ4n) is 2.04. The molecule has 0 unspecified atom stereocenters. The molecule has 6 nitrogen and oxygen atoms in total. The van der Waals surface area contributed by atoms with E-state index >= 15 is 0 Å². The van der Waals surface area contributed by atoms with Gasteiger partial charge in [-0.25, -0.2) is 13.1 Å². The maximum absolute atomic E-state index is 12.2. The predicted octanol–water partition coefficient (Wildman–Crippen LogP) is 1.15. The summed E-state index contributed by atoms with van der Waals surface area (Å²) in [6.45, 7) is 0.748. The highest BCUT2D eigenvalue weighted by atomic mass is 35.5. The highest BCUT2D eigenvalue weighted by molar-refractivity contribution is 7.90. The summed E-state index contributed by atoms with van der Waals surface area (Å²) in [5.74, 6) is 0.457. The van der Waals surface area contributed by atoms with Crippen molar-refractivity contribution >= 4 is 27.1 Å². The van der Waals surface area contributed by atoms with Crippen molar-refractivity contribution in [3.05, 3.63) is 21.6 Å². The third kappa shape index (κ3) is 3.96. The number of rotatable bonds is 6. The minimum atomic E-state index is -3.07. The summed E-state index contributed by atoms with van der Waals surface area (Å²) in [5.41, 5.74) is -0.0671. The molecule has 8 heteroatoms. The van der Waals surface area contributed by atoms with Crippen LogP contribution in [0.5, 0.6) is 0 Å². The lowest BCUT2D eigenvalue weighted by Crippen LogP contribution is -2.31. The van der Waals surface area contributed by atoms with Crippen LogP contribution in [0.3, 0.4) is 0 Å². The van der Waals surface area contributed by atoms with Gasteiger partial charge in [0.05, 0.1) is 17.0 Å². The molecular formula is C12H18ClN3O3S. The summed E-state index contributed by atoms with van der Waals surface area (Å²) in [7, 11) is -3.07. The van der Waals surface area contributed by atoms with E-state index < -0.39 is 9.84 Å². The van der Waals surface area contributed by atoms with E-state index in [2.05, 4.69) is 10.4 Å². The molecule has 1 aromatic rings. The van der Waals surface area contributed by atoms with Gasteiger partial charge in [0.2, 0.25) is 0 Å². The first-order valence-corrected chi connectivity index (χ1v) is 8.98. The van der Waals surface area contributed by atoms with E-state index in [-0.39, 0.29) is 28.6 Å². The molecule has 0 aliphatic heterocycles. The van der Waals surface area contributed by atoms with Crippen LogP contribution in [0.4, 0.5) is 5.69 Å². The Kier molecular flexibility index (Phi) is 4.70. The average Bonchev–Trinajstić information content (AvgIpc) is 2.29. The first-order chi connectivity index (χ1) is 9.37. The first kappa shape index (κ1) is 15.3. The Bertz CT molecular complexity index is 638. The molecule has 0 atom stereocenters. The number of hydrogen-bond donors (Lipinski definition) is 1. The van der Waals surface area contributed by atoms with Gasteiger partial charge >= 0.3 is 0 Å². The Morgan fingerprint density at radius 1 is 1.50 bits per heavy atom. The molecule has 0 amide bonds. The van der Waals surface area contributed by atoms with Gasteiger partial charge in [-0.2, -0.15) is 5.10 Å². The van der Waals surface area contributed by atoms with Crippen LogP contribution in [0, 0.1) is 5.92 Å². The van der Waals surface area contributed by atoms with Gasteiger partial charge in [-0.05, 0) is 18.8 Å². The molecule has 1 N–H and O–H groups in total. The van der Waals surface area contributed by atoms with Gasteiger partial charge in [0.15, 0.2) is 0 Å². The largest absolute Gasteiger partial charge is 0.378 e. The van der Waals surface area contributed by atoms with E-state index in [1.807, 2.05) is 0 Å². The fourth-order valence-corrected chi connectivity index (χ4v) is 2.70. The van der Waals surface area contributed by atoms with Gasteiger partial charge in [-0.1, -0.05) is 18.0 Å². The molecule has 1 aliphatic carbocycles. The highest BCUT2D eigenvalue weighted by Gasteiger charge is 2.20. The third-order valence-corrected chi connectivity index (χ3v) is 4.66. The fraction of sp³-hybridized carbons (Fsp3) is 0.667. The number of hydrogen-bond acceptors (Lipinski definition) is 5. The van der Waals surface area contributed by atoms with E-state index in [0.717, 1.165) is 19.1 Å². The molecule has 112 valence electrons. The standard InChI is InChI=1S/C12H18ClN3O3S/c1-20(18,19)6-5-14-11-10(13)7-15-16(12(11)17)8-9-3-2-4-9/h7,9,14H,2-6,8H2,1H3. The van der Waals surface area contributed by atoms with Crippen LogP contribution in [0.1, 0.15) is 19.3 Å². The Labute approximate surface area is 123 Å². The van der Waals surface area contributed by atoms with E-state index in [1.165, 1.54) is 17.3 Å². The van der Waals surface area contributed by atoms with E-state index in [4.69, 9.17) is 11.6 Å². The highest BCUT2D eigenvalue weighted by Crippen LogP contribution is 2.27. The van der Waals surface area contributed by atoms with Crippen molar-refractivity contribution in [2.24, 2.45) is 5.92 Å². The lowest BCUT2D eigenvalue weighted by Gasteiger charge is -2.25. The Morgan fingerprint density at radius 2 is 2.20 bits per heavy atom. The Hall–Kier alpha value is -1.08. The topological polar surface area (TPSA) is 81.1 Å². The monoisotopic (exact) mass is 319 g/mol. The number of aromatic nitrogens is 2. The van der Waals surface area contributed by atoms with Gasteiger partial charge in [0.1, 0.15) is 15.5 Å². The number of nitrogens with one attached hydrogen (secondary N) is 1. The van der Waals surface area contributed by atoms with Gasteiger partial charge < -0.3 is 5.32 Å². The van der Waals surface area contributed by atoms with Crippen molar-refractivity contribution in [3.8, 4) is 0 Å². The molecule has 0 spiro atoms. The van der Waals surface area contributed by atoms with Crippen molar-refractivity contribution < 1.29 is 8.42 Å². The molecule has 1 aromatic heterocycles. The number of nitrogens with zero attached hydrogens (tertiary/aromatic N) is 2. The molecule has 1 saturated carbocycles. The quantitative estimate of drug-likeness (QED) is 0.850. The molecule has 0 bridgehead atoms. The molecule has 20 heavy (non-hydrogen) atoms. The number of anilines is 1. The molecule has 0 radical (unpaired) electrons. The predicted molar refractivity (Wildman–Crippen MR) is 79.0 cm³/mol. The minimum absolute atomic E-state index is 0.0479. The lowest BCUT2D eigenvalue weighted by atomic mass is 9.85. The molecule has 0 saturated heterocycles. The Balaban J connectivity index is 2.10. The number of sulfone groups is 1. The van der Waals surface area contributed by atoms with E-state index in [1.54, 1.807) is 0 Å². The molecule has 1 aliphatic rings. The van der Waals surface area contributed by atoms with Gasteiger partial charge in [-0.3, -0.25) is 4.79 Å². The summed E-state index contributed by atoms with van der Waals surface area (Å²) in [6, 6.07) is 0. The zero-order valence-electron chi connectivity index (χ0n) is 11.3. The maximum atomic E-state index is 12.2. The second-order valence-corrected chi connectivity index (χ2v) is 7.88. The molecule has 1 fully saturated rings. The van der Waals surface area contributed by atoms with Gasteiger partial charge in [-0.15, -0.1) is 0 Å². The van der Waals surface area contributed by atoms with Gasteiger partial charge in [0, 0.05) is 19.3 Å². The molecule has 1 heterocycles. The Morgan fingerprint density at radius 3 is 2.75 bits per heavy atom. The van der Waals surface area contributed by atoms with Crippen LogP contribution < -0.4 is 10.9 Å². The molecule has 0 aromatic carbocycles. The summed E-state index contributed by atoms with van der Waals surface area (Å²) in [4.78, 5) is 12.2. The maximum Gasteiger partial charge on any atom is 0.291 e. The third-order valence-electron chi connectivity index (χ3n) is 3.43. The first-order valence-electron chi connectivity index (χ1n) is 6.54. The normalized spacial score (nSPS) is 15.9. The van der Waals surface area contributed by atoms with Gasteiger partial charge in [0.25, 0.3) is 5.56 Å². The molecular weight excluding hydrogens is 302 g/mol. The lowest BCUT2D eigenvalue weighted by molar-refractivity contribution is 0.262. The van der Waals surface area contributed by atoms with Crippen molar-refractivity contribution in [2.75, 3.05) is 23.9 Å². The van der Waals surface area contributed by atoms with Crippen molar-refractivity contribution in [1.82, 2.24) is 9.78 Å². The summed E-state index contributed by atoms with van der Waals surface area (Å²) in [6.07, 6.45) is 6.01. The van der Waals surface area contributed by atoms with Crippen LogP contribution in [-0.4, -0.2) is 36.8 Å². The second-order valence-electron chi connectivity index (χ2n) is 5.21. The van der Waals surface area contributed by atoms with Crippen LogP contribution in [-0.2, 0) is 16.4 Å². The SMILES string of the molecule is CS(=O)(=O)CCNc1c(Cl)cnn(CC2CCC2)c1=O. The van der Waals surface area contributed by atoms with Crippen molar-refractivity contribution in [1.29, 1.82) is 0 Å². The van der Waals surface area contributed by atoms with Crippen LogP contribution in [0.2, 0.25) is 5.02 Å². The minimum Gasteiger partial charge on any atom is -0.378 e. The zero-order valence-corrected chi connectivity index (χ0v) is 12.9. The van der Waals surface area contributed by atoms with E-state index in [9.17, 15) is 13.2 Å².